The maximum atomic E-state index is 10.7. The third-order valence-electron chi connectivity index (χ3n) is 2.97. The number of carboxylic acid groups (broad SMARTS) is 1. The second-order valence-corrected chi connectivity index (χ2v) is 5.89. The molecule has 0 heterocycles. The molecule has 0 aliphatic heterocycles. The van der Waals surface area contributed by atoms with E-state index in [0.717, 1.165) is 4.90 Å². The summed E-state index contributed by atoms with van der Waals surface area (Å²) < 4.78 is 5.21. The molecule has 0 atom stereocenters. The smallest absolute Gasteiger partial charge is 0.341 e. The largest absolute Gasteiger partial charge is 0.481 e. The van der Waals surface area contributed by atoms with E-state index in [1.807, 2.05) is 24.5 Å². The molecular formula is C18H12ClNO3S. The summed E-state index contributed by atoms with van der Waals surface area (Å²) in [5.74, 6) is 5.08. The summed E-state index contributed by atoms with van der Waals surface area (Å²) in [5, 5.41) is 18.3. The van der Waals surface area contributed by atoms with Crippen LogP contribution in [-0.4, -0.2) is 23.9 Å². The van der Waals surface area contributed by atoms with Crippen molar-refractivity contribution < 1.29 is 14.6 Å². The fourth-order valence-electron chi connectivity index (χ4n) is 1.82. The first-order valence-electron chi connectivity index (χ1n) is 6.78. The number of hydrogen-bond acceptors (Lipinski definition) is 4. The Labute approximate surface area is 149 Å². The molecule has 0 aliphatic carbocycles. The highest BCUT2D eigenvalue weighted by Crippen LogP contribution is 2.23. The van der Waals surface area contributed by atoms with Gasteiger partial charge in [0.1, 0.15) is 5.75 Å². The maximum absolute atomic E-state index is 10.7. The average Bonchev–Trinajstić information content (AvgIpc) is 2.59. The third-order valence-corrected chi connectivity index (χ3v) is 4.02. The second-order valence-electron chi connectivity index (χ2n) is 4.60. The van der Waals surface area contributed by atoms with Gasteiger partial charge in [0.05, 0.1) is 22.2 Å². The molecule has 0 saturated carbocycles. The van der Waals surface area contributed by atoms with E-state index in [1.54, 1.807) is 30.0 Å². The Hall–Kier alpha value is -2.60. The molecule has 6 heteroatoms. The summed E-state index contributed by atoms with van der Waals surface area (Å²) in [7, 11) is 0. The number of hydrogen-bond donors (Lipinski definition) is 1. The Morgan fingerprint density at radius 3 is 2.67 bits per heavy atom. The van der Waals surface area contributed by atoms with Gasteiger partial charge in [-0.3, -0.25) is 0 Å². The summed E-state index contributed by atoms with van der Waals surface area (Å²) in [5.41, 5.74) is 1.49. The number of aliphatic carboxylic acids is 1. The van der Waals surface area contributed by atoms with Gasteiger partial charge in [-0.25, -0.2) is 4.79 Å². The first kappa shape index (κ1) is 17.7. The van der Waals surface area contributed by atoms with Gasteiger partial charge in [-0.2, -0.15) is 5.26 Å². The molecule has 2 aromatic carbocycles. The van der Waals surface area contributed by atoms with E-state index in [-0.39, 0.29) is 0 Å². The van der Waals surface area contributed by atoms with Crippen LogP contribution < -0.4 is 4.74 Å². The van der Waals surface area contributed by atoms with Gasteiger partial charge in [0.2, 0.25) is 0 Å². The summed E-state index contributed by atoms with van der Waals surface area (Å²) in [6, 6.07) is 12.2. The van der Waals surface area contributed by atoms with E-state index in [0.29, 0.717) is 27.5 Å². The minimum absolute atomic E-state index is 0.307. The Morgan fingerprint density at radius 1 is 1.25 bits per heavy atom. The van der Waals surface area contributed by atoms with Crippen LogP contribution in [0.4, 0.5) is 0 Å². The molecule has 0 amide bonds. The van der Waals surface area contributed by atoms with Crippen LogP contribution in [0.2, 0.25) is 5.02 Å². The van der Waals surface area contributed by atoms with E-state index in [9.17, 15) is 4.79 Å². The molecule has 0 unspecified atom stereocenters. The summed E-state index contributed by atoms with van der Waals surface area (Å²) in [6.45, 7) is -0.483. The fraction of sp³-hybridized carbons (Fsp3) is 0.111. The number of halogens is 1. The molecular weight excluding hydrogens is 346 g/mol. The molecule has 0 fully saturated rings. The van der Waals surface area contributed by atoms with Crippen LogP contribution in [0.3, 0.4) is 0 Å². The van der Waals surface area contributed by atoms with Crippen LogP contribution in [0.1, 0.15) is 16.7 Å². The van der Waals surface area contributed by atoms with Crippen LogP contribution in [-0.2, 0) is 4.79 Å². The first-order valence-corrected chi connectivity index (χ1v) is 8.38. The minimum atomic E-state index is -1.09. The van der Waals surface area contributed by atoms with Gasteiger partial charge in [0.15, 0.2) is 6.61 Å². The number of rotatable bonds is 4. The van der Waals surface area contributed by atoms with Gasteiger partial charge in [0, 0.05) is 10.5 Å². The van der Waals surface area contributed by atoms with Crippen molar-refractivity contribution in [3.63, 3.8) is 0 Å². The number of benzene rings is 2. The van der Waals surface area contributed by atoms with Crippen molar-refractivity contribution in [1.29, 1.82) is 5.26 Å². The van der Waals surface area contributed by atoms with Crippen LogP contribution in [0.15, 0.2) is 41.3 Å². The second kappa shape index (κ2) is 8.31. The van der Waals surface area contributed by atoms with Gasteiger partial charge in [-0.05, 0) is 42.7 Å². The lowest BCUT2D eigenvalue weighted by Gasteiger charge is -2.06. The van der Waals surface area contributed by atoms with Crippen LogP contribution >= 0.6 is 23.4 Å². The predicted molar refractivity (Wildman–Crippen MR) is 93.5 cm³/mol. The molecule has 4 nitrogen and oxygen atoms in total. The normalized spacial score (nSPS) is 9.54. The van der Waals surface area contributed by atoms with Gasteiger partial charge < -0.3 is 9.84 Å². The fourth-order valence-corrected chi connectivity index (χ4v) is 2.43. The number of nitrogens with zero attached hydrogens (tertiary/aromatic N) is 1. The summed E-state index contributed by atoms with van der Waals surface area (Å²) >= 11 is 7.72. The molecule has 0 bridgehead atoms. The number of ether oxygens (including phenoxy) is 1. The zero-order valence-electron chi connectivity index (χ0n) is 12.7. The van der Waals surface area contributed by atoms with Crippen molar-refractivity contribution in [2.24, 2.45) is 0 Å². The molecule has 120 valence electrons. The summed E-state index contributed by atoms with van der Waals surface area (Å²) in [6.07, 6.45) is 1.95. The summed E-state index contributed by atoms with van der Waals surface area (Å²) in [4.78, 5) is 11.7. The molecule has 0 saturated heterocycles. The van der Waals surface area contributed by atoms with E-state index >= 15 is 0 Å². The molecule has 0 radical (unpaired) electrons. The van der Waals surface area contributed by atoms with Crippen LogP contribution in [0.25, 0.3) is 0 Å². The lowest BCUT2D eigenvalue weighted by molar-refractivity contribution is -0.139. The molecule has 2 rings (SSSR count). The number of thioether (sulfide) groups is 1. The van der Waals surface area contributed by atoms with Crippen molar-refractivity contribution in [2.75, 3.05) is 12.9 Å². The Morgan fingerprint density at radius 2 is 2.00 bits per heavy atom. The number of nitriles is 1. The average molecular weight is 358 g/mol. The van der Waals surface area contributed by atoms with Gasteiger partial charge >= 0.3 is 5.97 Å². The monoisotopic (exact) mass is 357 g/mol. The van der Waals surface area contributed by atoms with Crippen molar-refractivity contribution in [2.45, 2.75) is 4.90 Å². The Balaban J connectivity index is 2.41. The standard InChI is InChI=1S/C18H12ClNO3S/c1-24-15-5-6-16(19)13(9-15)3-4-14-8-12(10-20)2-7-17(14)23-11-18(21)22/h2,5-9H,11H2,1H3,(H,21,22). The van der Waals surface area contributed by atoms with Crippen molar-refractivity contribution >= 4 is 29.3 Å². The van der Waals surface area contributed by atoms with Crippen LogP contribution in [0, 0.1) is 23.2 Å². The highest BCUT2D eigenvalue weighted by atomic mass is 35.5. The predicted octanol–water partition coefficient (Wildman–Crippen LogP) is 3.80. The van der Waals surface area contributed by atoms with Crippen LogP contribution in [0.5, 0.6) is 5.75 Å². The molecule has 2 aromatic rings. The van der Waals surface area contributed by atoms with Crippen molar-refractivity contribution in [3.8, 4) is 23.7 Å². The lowest BCUT2D eigenvalue weighted by atomic mass is 10.1. The quantitative estimate of drug-likeness (QED) is 0.665. The van der Waals surface area contributed by atoms with E-state index in [1.165, 1.54) is 6.07 Å². The zero-order chi connectivity index (χ0) is 17.5. The van der Waals surface area contributed by atoms with E-state index < -0.39 is 12.6 Å². The molecule has 0 aliphatic rings. The third kappa shape index (κ3) is 4.70. The minimum Gasteiger partial charge on any atom is -0.481 e. The van der Waals surface area contributed by atoms with E-state index in [2.05, 4.69) is 11.8 Å². The van der Waals surface area contributed by atoms with Gasteiger partial charge in [0.25, 0.3) is 0 Å². The van der Waals surface area contributed by atoms with E-state index in [4.69, 9.17) is 26.7 Å². The first-order chi connectivity index (χ1) is 11.5. The van der Waals surface area contributed by atoms with Gasteiger partial charge in [-0.15, -0.1) is 11.8 Å². The highest BCUT2D eigenvalue weighted by Gasteiger charge is 2.06. The molecule has 24 heavy (non-hydrogen) atoms. The zero-order valence-corrected chi connectivity index (χ0v) is 14.2. The van der Waals surface area contributed by atoms with Crippen molar-refractivity contribution in [1.82, 2.24) is 0 Å². The number of carbonyl (C=O) groups is 1. The molecule has 0 spiro atoms. The Bertz CT molecular complexity index is 878. The van der Waals surface area contributed by atoms with Crippen molar-refractivity contribution in [3.05, 3.63) is 58.1 Å². The SMILES string of the molecule is CSc1ccc(Cl)c(C#Cc2cc(C#N)ccc2OCC(=O)O)c1. The molecule has 0 aromatic heterocycles. The lowest BCUT2D eigenvalue weighted by Crippen LogP contribution is -2.10. The number of carboxylic acids is 1. The highest BCUT2D eigenvalue weighted by molar-refractivity contribution is 7.98. The van der Waals surface area contributed by atoms with Gasteiger partial charge in [-0.1, -0.05) is 23.4 Å². The topological polar surface area (TPSA) is 70.3 Å². The maximum Gasteiger partial charge on any atom is 0.341 e. The Kier molecular flexibility index (Phi) is 6.14. The molecule has 1 N–H and O–H groups in total.